The molecule has 1 aromatic heterocycles. The van der Waals surface area contributed by atoms with E-state index in [2.05, 4.69) is 26.2 Å². The fourth-order valence-corrected chi connectivity index (χ4v) is 2.30. The minimum absolute atomic E-state index is 0.0842. The van der Waals surface area contributed by atoms with E-state index in [-0.39, 0.29) is 5.91 Å². The summed E-state index contributed by atoms with van der Waals surface area (Å²) in [6, 6.07) is 3.97. The molecule has 0 saturated carbocycles. The maximum absolute atomic E-state index is 11.7. The van der Waals surface area contributed by atoms with Gasteiger partial charge in [-0.2, -0.15) is 0 Å². The molecule has 4 nitrogen and oxygen atoms in total. The van der Waals surface area contributed by atoms with E-state index in [1.807, 2.05) is 31.1 Å². The predicted molar refractivity (Wildman–Crippen MR) is 73.7 cm³/mol. The van der Waals surface area contributed by atoms with Gasteiger partial charge in [0.05, 0.1) is 16.8 Å². The molecule has 2 aromatic rings. The Kier molecular flexibility index (Phi) is 3.11. The molecule has 0 spiro atoms. The van der Waals surface area contributed by atoms with Crippen molar-refractivity contribution in [3.05, 3.63) is 28.4 Å². The molecule has 90 valence electrons. The molecule has 1 amide bonds. The maximum atomic E-state index is 11.7. The van der Waals surface area contributed by atoms with Crippen LogP contribution in [-0.2, 0) is 0 Å². The van der Waals surface area contributed by atoms with Crippen molar-refractivity contribution in [2.75, 3.05) is 26.0 Å². The van der Waals surface area contributed by atoms with E-state index in [9.17, 15) is 4.79 Å². The van der Waals surface area contributed by atoms with E-state index in [4.69, 9.17) is 0 Å². The largest absolute Gasteiger partial charge is 0.376 e. The Labute approximate surface area is 108 Å². The van der Waals surface area contributed by atoms with Gasteiger partial charge in [-0.3, -0.25) is 4.79 Å². The summed E-state index contributed by atoms with van der Waals surface area (Å²) in [6.07, 6.45) is 1.74. The van der Waals surface area contributed by atoms with Gasteiger partial charge in [0.1, 0.15) is 0 Å². The average molecular weight is 296 g/mol. The molecule has 0 unspecified atom stereocenters. The summed E-state index contributed by atoms with van der Waals surface area (Å²) < 4.78 is 0.957. The van der Waals surface area contributed by atoms with Crippen LogP contribution in [0.5, 0.6) is 0 Å². The van der Waals surface area contributed by atoms with Gasteiger partial charge in [0, 0.05) is 37.2 Å². The number of H-pyrrole nitrogens is 1. The van der Waals surface area contributed by atoms with Crippen LogP contribution >= 0.6 is 15.9 Å². The quantitative estimate of drug-likeness (QED) is 0.893. The number of fused-ring (bicyclic) bond motifs is 1. The third kappa shape index (κ3) is 2.02. The Morgan fingerprint density at radius 1 is 1.41 bits per heavy atom. The van der Waals surface area contributed by atoms with E-state index in [1.54, 1.807) is 13.2 Å². The molecule has 0 aliphatic heterocycles. The Hall–Kier alpha value is -1.49. The van der Waals surface area contributed by atoms with Crippen LogP contribution in [0, 0.1) is 0 Å². The molecule has 0 saturated heterocycles. The topological polar surface area (TPSA) is 48.1 Å². The van der Waals surface area contributed by atoms with Gasteiger partial charge in [-0.15, -0.1) is 0 Å². The van der Waals surface area contributed by atoms with E-state index in [1.165, 1.54) is 0 Å². The van der Waals surface area contributed by atoms with Crippen LogP contribution in [0.4, 0.5) is 5.69 Å². The average Bonchev–Trinajstić information content (AvgIpc) is 2.70. The summed E-state index contributed by atoms with van der Waals surface area (Å²) >= 11 is 3.47. The summed E-state index contributed by atoms with van der Waals surface area (Å²) in [5.74, 6) is -0.0842. The van der Waals surface area contributed by atoms with E-state index in [0.29, 0.717) is 5.56 Å². The highest BCUT2D eigenvalue weighted by Gasteiger charge is 2.14. The lowest BCUT2D eigenvalue weighted by molar-refractivity contribution is 0.0965. The highest BCUT2D eigenvalue weighted by atomic mass is 79.9. The number of nitrogens with one attached hydrogen (secondary N) is 2. The van der Waals surface area contributed by atoms with E-state index >= 15 is 0 Å². The Balaban J connectivity index is 2.73. The number of carbonyl (C=O) groups excluding carboxylic acids is 1. The van der Waals surface area contributed by atoms with Crippen LogP contribution < -0.4 is 10.2 Å². The lowest BCUT2D eigenvalue weighted by Gasteiger charge is -2.14. The molecule has 1 aromatic carbocycles. The van der Waals surface area contributed by atoms with Crippen molar-refractivity contribution in [1.82, 2.24) is 10.3 Å². The number of nitrogens with zero attached hydrogens (tertiary/aromatic N) is 1. The first kappa shape index (κ1) is 12.0. The number of hydrogen-bond acceptors (Lipinski definition) is 2. The van der Waals surface area contributed by atoms with Gasteiger partial charge in [0.2, 0.25) is 0 Å². The van der Waals surface area contributed by atoms with Crippen LogP contribution in [0.25, 0.3) is 10.9 Å². The highest BCUT2D eigenvalue weighted by Crippen LogP contribution is 2.31. The first-order valence-corrected chi connectivity index (χ1v) is 6.04. The summed E-state index contributed by atoms with van der Waals surface area (Å²) in [5, 5.41) is 3.56. The first-order chi connectivity index (χ1) is 8.04. The number of halogens is 1. The predicted octanol–water partition coefficient (Wildman–Crippen LogP) is 2.36. The molecule has 5 heteroatoms. The second-order valence-electron chi connectivity index (χ2n) is 4.02. The Bertz CT molecular complexity index is 574. The van der Waals surface area contributed by atoms with Crippen molar-refractivity contribution in [2.45, 2.75) is 0 Å². The standard InChI is InChI=1S/C12H14BrN3O/c1-14-12(17)9-6-15-11-8(9)4-7(13)5-10(11)16(2)3/h4-6,15H,1-3H3,(H,14,17). The van der Waals surface area contributed by atoms with Gasteiger partial charge < -0.3 is 15.2 Å². The molecule has 1 heterocycles. The fraction of sp³-hybridized carbons (Fsp3) is 0.250. The molecular weight excluding hydrogens is 282 g/mol. The molecular formula is C12H14BrN3O. The number of rotatable bonds is 2. The van der Waals surface area contributed by atoms with Crippen LogP contribution in [0.2, 0.25) is 0 Å². The molecule has 0 radical (unpaired) electrons. The van der Waals surface area contributed by atoms with Crippen molar-refractivity contribution >= 4 is 38.4 Å². The number of amides is 1. The number of benzene rings is 1. The molecule has 0 bridgehead atoms. The normalized spacial score (nSPS) is 10.6. The Morgan fingerprint density at radius 2 is 2.12 bits per heavy atom. The summed E-state index contributed by atoms with van der Waals surface area (Å²) in [6.45, 7) is 0. The molecule has 0 atom stereocenters. The van der Waals surface area contributed by atoms with Crippen molar-refractivity contribution in [2.24, 2.45) is 0 Å². The fourth-order valence-electron chi connectivity index (χ4n) is 1.85. The zero-order chi connectivity index (χ0) is 12.6. The monoisotopic (exact) mass is 295 g/mol. The summed E-state index contributed by atoms with van der Waals surface area (Å²) in [5.41, 5.74) is 2.67. The SMILES string of the molecule is CNC(=O)c1c[nH]c2c(N(C)C)cc(Br)cc12. The van der Waals surface area contributed by atoms with Gasteiger partial charge in [0.25, 0.3) is 5.91 Å². The van der Waals surface area contributed by atoms with Gasteiger partial charge >= 0.3 is 0 Å². The lowest BCUT2D eigenvalue weighted by Crippen LogP contribution is -2.17. The molecule has 17 heavy (non-hydrogen) atoms. The second kappa shape index (κ2) is 4.41. The van der Waals surface area contributed by atoms with Crippen molar-refractivity contribution < 1.29 is 4.79 Å². The summed E-state index contributed by atoms with van der Waals surface area (Å²) in [4.78, 5) is 16.9. The van der Waals surface area contributed by atoms with Gasteiger partial charge in [0.15, 0.2) is 0 Å². The van der Waals surface area contributed by atoms with Crippen molar-refractivity contribution in [3.63, 3.8) is 0 Å². The number of aromatic amines is 1. The minimum Gasteiger partial charge on any atom is -0.376 e. The number of hydrogen-bond donors (Lipinski definition) is 2. The molecule has 0 aliphatic rings. The summed E-state index contributed by atoms with van der Waals surface area (Å²) in [7, 11) is 5.58. The zero-order valence-corrected chi connectivity index (χ0v) is 11.6. The molecule has 2 rings (SSSR count). The van der Waals surface area contributed by atoms with E-state index < -0.39 is 0 Å². The van der Waals surface area contributed by atoms with Gasteiger partial charge in [-0.05, 0) is 12.1 Å². The van der Waals surface area contributed by atoms with Gasteiger partial charge in [-0.1, -0.05) is 15.9 Å². The number of aromatic nitrogens is 1. The van der Waals surface area contributed by atoms with E-state index in [0.717, 1.165) is 21.1 Å². The minimum atomic E-state index is -0.0842. The molecule has 2 N–H and O–H groups in total. The van der Waals surface area contributed by atoms with Crippen LogP contribution in [0.3, 0.4) is 0 Å². The van der Waals surface area contributed by atoms with Crippen LogP contribution in [0.1, 0.15) is 10.4 Å². The smallest absolute Gasteiger partial charge is 0.253 e. The van der Waals surface area contributed by atoms with Crippen LogP contribution in [-0.4, -0.2) is 32.0 Å². The van der Waals surface area contributed by atoms with Gasteiger partial charge in [-0.25, -0.2) is 0 Å². The highest BCUT2D eigenvalue weighted by molar-refractivity contribution is 9.10. The maximum Gasteiger partial charge on any atom is 0.253 e. The van der Waals surface area contributed by atoms with Crippen LogP contribution in [0.15, 0.2) is 22.8 Å². The van der Waals surface area contributed by atoms with Crippen molar-refractivity contribution in [1.29, 1.82) is 0 Å². The molecule has 0 fully saturated rings. The lowest BCUT2D eigenvalue weighted by atomic mass is 10.1. The Morgan fingerprint density at radius 3 is 2.71 bits per heavy atom. The molecule has 0 aliphatic carbocycles. The number of carbonyl (C=O) groups is 1. The first-order valence-electron chi connectivity index (χ1n) is 5.24. The third-order valence-corrected chi connectivity index (χ3v) is 3.14. The zero-order valence-electron chi connectivity index (χ0n) is 9.97. The number of anilines is 1. The third-order valence-electron chi connectivity index (χ3n) is 2.69. The second-order valence-corrected chi connectivity index (χ2v) is 4.94. The van der Waals surface area contributed by atoms with Crippen molar-refractivity contribution in [3.8, 4) is 0 Å².